The molecule has 2 aromatic rings. The zero-order valence-electron chi connectivity index (χ0n) is 18.7. The summed E-state index contributed by atoms with van der Waals surface area (Å²) in [5.74, 6) is -0.973. The molecule has 1 atom stereocenters. The van der Waals surface area contributed by atoms with Crippen LogP contribution in [0.5, 0.6) is 0 Å². The number of nitrogens with zero attached hydrogens (tertiary/aromatic N) is 2. The number of hydrogen-bond donors (Lipinski definition) is 2. The fraction of sp³-hybridized carbons (Fsp3) is 0.360. The van der Waals surface area contributed by atoms with Gasteiger partial charge in [-0.25, -0.2) is 4.79 Å². The van der Waals surface area contributed by atoms with Crippen molar-refractivity contribution < 1.29 is 23.9 Å². The van der Waals surface area contributed by atoms with Crippen LogP contribution in [0.1, 0.15) is 39.9 Å². The maximum absolute atomic E-state index is 12.9. The van der Waals surface area contributed by atoms with E-state index < -0.39 is 18.0 Å². The highest BCUT2D eigenvalue weighted by molar-refractivity contribution is 6.05. The van der Waals surface area contributed by atoms with Crippen molar-refractivity contribution in [2.75, 3.05) is 13.1 Å². The molecular weight excluding hydrogens is 436 g/mol. The lowest BCUT2D eigenvalue weighted by atomic mass is 10.0. The number of nitrogens with one attached hydrogen (secondary N) is 2. The monoisotopic (exact) mass is 462 g/mol. The summed E-state index contributed by atoms with van der Waals surface area (Å²) < 4.78 is 5.47. The Kier molecular flexibility index (Phi) is 6.02. The Balaban J connectivity index is 1.09. The Labute approximate surface area is 197 Å². The third-order valence-electron chi connectivity index (χ3n) is 6.48. The molecular formula is C25H26N4O5. The molecule has 0 saturated carbocycles. The van der Waals surface area contributed by atoms with Gasteiger partial charge in [-0.3, -0.25) is 24.6 Å². The van der Waals surface area contributed by atoms with Crippen molar-refractivity contribution >= 4 is 23.8 Å². The van der Waals surface area contributed by atoms with Crippen LogP contribution in [0.3, 0.4) is 0 Å². The maximum atomic E-state index is 12.9. The van der Waals surface area contributed by atoms with Gasteiger partial charge in [-0.1, -0.05) is 42.5 Å². The van der Waals surface area contributed by atoms with Gasteiger partial charge in [-0.15, -0.1) is 0 Å². The minimum Gasteiger partial charge on any atom is -0.444 e. The van der Waals surface area contributed by atoms with Crippen molar-refractivity contribution in [1.82, 2.24) is 20.4 Å². The van der Waals surface area contributed by atoms with Gasteiger partial charge in [-0.2, -0.15) is 0 Å². The second-order valence-corrected chi connectivity index (χ2v) is 8.95. The number of rotatable bonds is 6. The highest BCUT2D eigenvalue weighted by atomic mass is 16.6. The van der Waals surface area contributed by atoms with E-state index in [1.807, 2.05) is 30.3 Å². The van der Waals surface area contributed by atoms with Crippen molar-refractivity contribution in [2.24, 2.45) is 0 Å². The molecule has 2 fully saturated rings. The number of hydrogen-bond acceptors (Lipinski definition) is 6. The summed E-state index contributed by atoms with van der Waals surface area (Å²) in [4.78, 5) is 52.4. The van der Waals surface area contributed by atoms with Gasteiger partial charge >= 0.3 is 6.09 Å². The van der Waals surface area contributed by atoms with Crippen molar-refractivity contribution in [3.8, 4) is 0 Å². The van der Waals surface area contributed by atoms with Gasteiger partial charge in [0.15, 0.2) is 0 Å². The first-order valence-corrected chi connectivity index (χ1v) is 11.4. The number of amides is 4. The van der Waals surface area contributed by atoms with E-state index in [0.29, 0.717) is 31.6 Å². The molecule has 2 saturated heterocycles. The molecule has 9 nitrogen and oxygen atoms in total. The summed E-state index contributed by atoms with van der Waals surface area (Å²) in [6, 6.07) is 15.0. The largest absolute Gasteiger partial charge is 0.444 e. The topological polar surface area (TPSA) is 108 Å². The van der Waals surface area contributed by atoms with E-state index in [9.17, 15) is 19.2 Å². The van der Waals surface area contributed by atoms with E-state index in [1.165, 1.54) is 10.5 Å². The fourth-order valence-corrected chi connectivity index (χ4v) is 4.65. The molecule has 0 aliphatic carbocycles. The average Bonchev–Trinajstić information content (AvgIpc) is 3.12. The Hall–Kier alpha value is -3.72. The van der Waals surface area contributed by atoms with Gasteiger partial charge in [0.2, 0.25) is 11.8 Å². The van der Waals surface area contributed by atoms with Crippen LogP contribution < -0.4 is 10.6 Å². The van der Waals surface area contributed by atoms with Crippen LogP contribution in [-0.2, 0) is 34.0 Å². The van der Waals surface area contributed by atoms with Crippen molar-refractivity contribution in [3.63, 3.8) is 0 Å². The number of alkyl carbamates (subject to hydrolysis) is 1. The second-order valence-electron chi connectivity index (χ2n) is 8.95. The molecule has 0 radical (unpaired) electrons. The quantitative estimate of drug-likeness (QED) is 0.631. The van der Waals surface area contributed by atoms with E-state index in [2.05, 4.69) is 27.7 Å². The number of fused-ring (bicyclic) bond motifs is 1. The molecule has 0 bridgehead atoms. The molecule has 176 valence electrons. The van der Waals surface area contributed by atoms with E-state index in [-0.39, 0.29) is 30.9 Å². The predicted octanol–water partition coefficient (Wildman–Crippen LogP) is 1.56. The number of benzene rings is 2. The number of imide groups is 1. The van der Waals surface area contributed by atoms with E-state index in [4.69, 9.17) is 4.74 Å². The smallest absolute Gasteiger partial charge is 0.407 e. The van der Waals surface area contributed by atoms with Gasteiger partial charge in [0.1, 0.15) is 12.1 Å². The Bertz CT molecular complexity index is 1130. The summed E-state index contributed by atoms with van der Waals surface area (Å²) in [6.07, 6.45) is -0.0679. The summed E-state index contributed by atoms with van der Waals surface area (Å²) >= 11 is 0. The van der Waals surface area contributed by atoms with Crippen LogP contribution in [0.2, 0.25) is 0 Å². The zero-order valence-corrected chi connectivity index (χ0v) is 18.7. The maximum Gasteiger partial charge on any atom is 0.407 e. The fourth-order valence-electron chi connectivity index (χ4n) is 4.65. The lowest BCUT2D eigenvalue weighted by Gasteiger charge is -2.38. The first-order valence-electron chi connectivity index (χ1n) is 11.4. The number of carbonyl (C=O) groups is 4. The third kappa shape index (κ3) is 4.65. The van der Waals surface area contributed by atoms with Gasteiger partial charge in [0.25, 0.3) is 5.91 Å². The summed E-state index contributed by atoms with van der Waals surface area (Å²) in [6.45, 7) is 2.80. The van der Waals surface area contributed by atoms with Crippen LogP contribution in [-0.4, -0.2) is 58.8 Å². The normalized spacial score (nSPS) is 20.5. The second kappa shape index (κ2) is 9.26. The molecule has 9 heteroatoms. The molecule has 5 rings (SSSR count). The lowest BCUT2D eigenvalue weighted by molar-refractivity contribution is -0.136. The zero-order chi connectivity index (χ0) is 23.7. The van der Waals surface area contributed by atoms with Gasteiger partial charge in [0, 0.05) is 44.7 Å². The van der Waals surface area contributed by atoms with Crippen molar-refractivity contribution in [1.29, 1.82) is 0 Å². The summed E-state index contributed by atoms with van der Waals surface area (Å²) in [5.41, 5.74) is 3.35. The van der Waals surface area contributed by atoms with Crippen molar-refractivity contribution in [3.05, 3.63) is 70.8 Å². The Morgan fingerprint density at radius 1 is 1.06 bits per heavy atom. The Morgan fingerprint density at radius 3 is 2.62 bits per heavy atom. The van der Waals surface area contributed by atoms with Crippen LogP contribution in [0.25, 0.3) is 0 Å². The minimum absolute atomic E-state index is 0.132. The van der Waals surface area contributed by atoms with Crippen molar-refractivity contribution in [2.45, 2.75) is 44.6 Å². The number of carbonyl (C=O) groups excluding carboxylic acids is 4. The first kappa shape index (κ1) is 22.1. The van der Waals surface area contributed by atoms with Crippen LogP contribution in [0.15, 0.2) is 48.5 Å². The molecule has 4 amide bonds. The molecule has 3 aliphatic heterocycles. The highest BCUT2D eigenvalue weighted by Crippen LogP contribution is 2.28. The molecule has 0 aromatic heterocycles. The number of piperidine rings is 1. The average molecular weight is 463 g/mol. The summed E-state index contributed by atoms with van der Waals surface area (Å²) in [7, 11) is 0. The van der Waals surface area contributed by atoms with E-state index in [1.54, 1.807) is 6.07 Å². The predicted molar refractivity (Wildman–Crippen MR) is 121 cm³/mol. The van der Waals surface area contributed by atoms with Crippen LogP contribution in [0.4, 0.5) is 4.79 Å². The molecule has 3 heterocycles. The minimum atomic E-state index is -0.641. The van der Waals surface area contributed by atoms with E-state index in [0.717, 1.165) is 17.7 Å². The van der Waals surface area contributed by atoms with Gasteiger partial charge in [0.05, 0.1) is 0 Å². The number of ether oxygens (including phenoxy) is 1. The summed E-state index contributed by atoms with van der Waals surface area (Å²) in [5, 5.41) is 5.05. The SMILES string of the molecule is O=C1CCC(N2Cc3ccc(CNC(=O)OC4CN(Cc5ccccc5)C4)cc3C2=O)C(=O)N1. The molecule has 2 N–H and O–H groups in total. The van der Waals surface area contributed by atoms with E-state index >= 15 is 0 Å². The first-order chi connectivity index (χ1) is 16.5. The molecule has 34 heavy (non-hydrogen) atoms. The Morgan fingerprint density at radius 2 is 1.85 bits per heavy atom. The number of likely N-dealkylation sites (tertiary alicyclic amines) is 1. The lowest BCUT2D eigenvalue weighted by Crippen LogP contribution is -2.53. The molecule has 0 spiro atoms. The molecule has 2 aromatic carbocycles. The van der Waals surface area contributed by atoms with Crippen LogP contribution >= 0.6 is 0 Å². The highest BCUT2D eigenvalue weighted by Gasteiger charge is 2.39. The van der Waals surface area contributed by atoms with Gasteiger partial charge < -0.3 is 15.0 Å². The molecule has 1 unspecified atom stereocenters. The third-order valence-corrected chi connectivity index (χ3v) is 6.48. The van der Waals surface area contributed by atoms with Gasteiger partial charge in [-0.05, 0) is 29.2 Å². The standard InChI is InChI=1S/C25H26N4O5/c30-22-9-8-21(23(31)27-22)29-13-18-7-6-17(10-20(18)24(29)32)11-26-25(33)34-19-14-28(15-19)12-16-4-2-1-3-5-16/h1-7,10,19,21H,8-9,11-15H2,(H,26,33)(H,27,30,31). The van der Waals surface area contributed by atoms with Crippen LogP contribution in [0, 0.1) is 0 Å². The molecule has 3 aliphatic rings.